The Balaban J connectivity index is 2.23. The second-order valence-corrected chi connectivity index (χ2v) is 5.28. The average molecular weight is 307 g/mol. The summed E-state index contributed by atoms with van der Waals surface area (Å²) in [7, 11) is 0. The summed E-state index contributed by atoms with van der Waals surface area (Å²) in [5, 5.41) is 19.2. The number of nitrogens with one attached hydrogen (secondary N) is 2. The Morgan fingerprint density at radius 1 is 1.29 bits per heavy atom. The zero-order valence-corrected chi connectivity index (χ0v) is 12.7. The highest BCUT2D eigenvalue weighted by atomic mass is 32.1. The molecule has 8 heteroatoms. The number of aromatic nitrogens is 2. The summed E-state index contributed by atoms with van der Waals surface area (Å²) in [5.41, 5.74) is 1.13. The zero-order valence-electron chi connectivity index (χ0n) is 11.9. The number of rotatable bonds is 7. The molecule has 2 rings (SSSR count). The van der Waals surface area contributed by atoms with E-state index in [9.17, 15) is 10.1 Å². The molecular formula is C13H17N5O2S. The van der Waals surface area contributed by atoms with Crippen LogP contribution in [0.2, 0.25) is 0 Å². The summed E-state index contributed by atoms with van der Waals surface area (Å²) in [4.78, 5) is 19.9. The number of hydrogen-bond donors (Lipinski definition) is 2. The van der Waals surface area contributed by atoms with Crippen LogP contribution in [0.15, 0.2) is 17.8 Å². The molecule has 0 unspecified atom stereocenters. The number of thiophene rings is 1. The first-order chi connectivity index (χ1) is 10.2. The van der Waals surface area contributed by atoms with Crippen molar-refractivity contribution in [1.82, 2.24) is 9.97 Å². The topological polar surface area (TPSA) is 93.0 Å². The number of hydrogen-bond acceptors (Lipinski definition) is 7. The molecule has 0 aromatic carbocycles. The molecule has 2 aromatic rings. The van der Waals surface area contributed by atoms with Crippen LogP contribution in [0.3, 0.4) is 0 Å². The summed E-state index contributed by atoms with van der Waals surface area (Å²) >= 11 is 1.63. The Morgan fingerprint density at radius 3 is 2.62 bits per heavy atom. The Morgan fingerprint density at radius 2 is 2.00 bits per heavy atom. The van der Waals surface area contributed by atoms with Crippen LogP contribution in [0.5, 0.6) is 0 Å². The van der Waals surface area contributed by atoms with E-state index in [0.717, 1.165) is 11.3 Å². The molecule has 0 fully saturated rings. The van der Waals surface area contributed by atoms with Gasteiger partial charge in [0.05, 0.1) is 11.5 Å². The summed E-state index contributed by atoms with van der Waals surface area (Å²) < 4.78 is 0. The van der Waals surface area contributed by atoms with Gasteiger partial charge in [-0.3, -0.25) is 10.1 Å². The SMILES string of the molecule is CCNc1ncnc(NCc2sccc2CC)c1[N+](=O)[O-]. The fourth-order valence-electron chi connectivity index (χ4n) is 1.98. The van der Waals surface area contributed by atoms with E-state index >= 15 is 0 Å². The second kappa shape index (κ2) is 6.98. The summed E-state index contributed by atoms with van der Waals surface area (Å²) in [5.74, 6) is 0.475. The average Bonchev–Trinajstić information content (AvgIpc) is 2.92. The number of aryl methyl sites for hydroxylation is 1. The van der Waals surface area contributed by atoms with Crippen molar-refractivity contribution in [3.63, 3.8) is 0 Å². The lowest BCUT2D eigenvalue weighted by Gasteiger charge is -2.09. The van der Waals surface area contributed by atoms with Gasteiger partial charge in [0.25, 0.3) is 0 Å². The molecule has 0 aliphatic carbocycles. The molecule has 0 aliphatic heterocycles. The Labute approximate surface area is 126 Å². The zero-order chi connectivity index (χ0) is 15.2. The molecule has 0 amide bonds. The van der Waals surface area contributed by atoms with Gasteiger partial charge in [0.2, 0.25) is 11.6 Å². The van der Waals surface area contributed by atoms with Crippen molar-refractivity contribution in [3.8, 4) is 0 Å². The van der Waals surface area contributed by atoms with Gasteiger partial charge < -0.3 is 10.6 Å². The largest absolute Gasteiger partial charge is 0.364 e. The first kappa shape index (κ1) is 15.2. The van der Waals surface area contributed by atoms with E-state index in [1.54, 1.807) is 11.3 Å². The van der Waals surface area contributed by atoms with Crippen LogP contribution in [0.1, 0.15) is 24.3 Å². The number of anilines is 2. The molecule has 0 bridgehead atoms. The third-order valence-corrected chi connectivity index (χ3v) is 3.95. The first-order valence-electron chi connectivity index (χ1n) is 6.69. The van der Waals surface area contributed by atoms with Crippen LogP contribution in [0.25, 0.3) is 0 Å². The quantitative estimate of drug-likeness (QED) is 0.603. The van der Waals surface area contributed by atoms with Crippen LogP contribution in [0.4, 0.5) is 17.3 Å². The summed E-state index contributed by atoms with van der Waals surface area (Å²) in [6.07, 6.45) is 2.26. The van der Waals surface area contributed by atoms with Gasteiger partial charge in [0, 0.05) is 11.4 Å². The number of nitro groups is 1. The van der Waals surface area contributed by atoms with E-state index in [0.29, 0.717) is 13.1 Å². The van der Waals surface area contributed by atoms with Crippen LogP contribution in [-0.2, 0) is 13.0 Å². The standard InChI is InChI=1S/C13H17N5O2S/c1-3-9-5-6-21-10(9)7-15-13-11(18(19)20)12(14-4-2)16-8-17-13/h5-6,8H,3-4,7H2,1-2H3,(H2,14,15,16,17). The van der Waals surface area contributed by atoms with Crippen molar-refractivity contribution in [2.75, 3.05) is 17.2 Å². The highest BCUT2D eigenvalue weighted by Gasteiger charge is 2.22. The molecular weight excluding hydrogens is 290 g/mol. The van der Waals surface area contributed by atoms with Crippen LogP contribution >= 0.6 is 11.3 Å². The van der Waals surface area contributed by atoms with E-state index < -0.39 is 4.92 Å². The van der Waals surface area contributed by atoms with Crippen LogP contribution in [-0.4, -0.2) is 21.4 Å². The fraction of sp³-hybridized carbons (Fsp3) is 0.385. The fourth-order valence-corrected chi connectivity index (χ4v) is 2.89. The van der Waals surface area contributed by atoms with E-state index in [1.165, 1.54) is 11.9 Å². The van der Waals surface area contributed by atoms with E-state index in [2.05, 4.69) is 33.6 Å². The smallest absolute Gasteiger partial charge is 0.353 e. The highest BCUT2D eigenvalue weighted by Crippen LogP contribution is 2.29. The van der Waals surface area contributed by atoms with Gasteiger partial charge in [-0.05, 0) is 30.4 Å². The molecule has 0 aliphatic rings. The Bertz CT molecular complexity index is 629. The van der Waals surface area contributed by atoms with Crippen LogP contribution in [0, 0.1) is 10.1 Å². The van der Waals surface area contributed by atoms with E-state index in [4.69, 9.17) is 0 Å². The maximum Gasteiger partial charge on any atom is 0.353 e. The van der Waals surface area contributed by atoms with Gasteiger partial charge in [-0.2, -0.15) is 0 Å². The minimum absolute atomic E-state index is 0.117. The lowest BCUT2D eigenvalue weighted by Crippen LogP contribution is -2.09. The lowest BCUT2D eigenvalue weighted by molar-refractivity contribution is -0.383. The number of nitrogens with zero attached hydrogens (tertiary/aromatic N) is 3. The van der Waals surface area contributed by atoms with E-state index in [-0.39, 0.29) is 17.3 Å². The molecule has 0 spiro atoms. The second-order valence-electron chi connectivity index (χ2n) is 4.28. The first-order valence-corrected chi connectivity index (χ1v) is 7.57. The van der Waals surface area contributed by atoms with Gasteiger partial charge in [-0.15, -0.1) is 11.3 Å². The van der Waals surface area contributed by atoms with Crippen molar-refractivity contribution in [3.05, 3.63) is 38.3 Å². The molecule has 2 N–H and O–H groups in total. The van der Waals surface area contributed by atoms with E-state index in [1.807, 2.05) is 12.3 Å². The van der Waals surface area contributed by atoms with Gasteiger partial charge in [0.1, 0.15) is 6.33 Å². The van der Waals surface area contributed by atoms with Gasteiger partial charge in [-0.25, -0.2) is 9.97 Å². The van der Waals surface area contributed by atoms with Crippen molar-refractivity contribution in [1.29, 1.82) is 0 Å². The molecule has 2 heterocycles. The van der Waals surface area contributed by atoms with Crippen molar-refractivity contribution < 1.29 is 4.92 Å². The molecule has 2 aromatic heterocycles. The maximum atomic E-state index is 11.3. The molecule has 7 nitrogen and oxygen atoms in total. The van der Waals surface area contributed by atoms with Gasteiger partial charge >= 0.3 is 5.69 Å². The van der Waals surface area contributed by atoms with Gasteiger partial charge in [-0.1, -0.05) is 6.92 Å². The minimum Gasteiger partial charge on any atom is -0.364 e. The molecule has 0 saturated carbocycles. The monoisotopic (exact) mass is 307 g/mol. The normalized spacial score (nSPS) is 10.4. The van der Waals surface area contributed by atoms with Crippen molar-refractivity contribution >= 4 is 28.7 Å². The van der Waals surface area contributed by atoms with Crippen molar-refractivity contribution in [2.45, 2.75) is 26.8 Å². The Kier molecular flexibility index (Phi) is 5.04. The summed E-state index contributed by atoms with van der Waals surface area (Å²) in [6, 6.07) is 2.07. The predicted molar refractivity (Wildman–Crippen MR) is 83.9 cm³/mol. The highest BCUT2D eigenvalue weighted by molar-refractivity contribution is 7.10. The Hall–Kier alpha value is -2.22. The van der Waals surface area contributed by atoms with Crippen molar-refractivity contribution in [2.24, 2.45) is 0 Å². The molecule has 0 radical (unpaired) electrons. The third kappa shape index (κ3) is 3.46. The lowest BCUT2D eigenvalue weighted by atomic mass is 10.2. The molecule has 21 heavy (non-hydrogen) atoms. The third-order valence-electron chi connectivity index (χ3n) is 2.98. The van der Waals surface area contributed by atoms with Gasteiger partial charge in [0.15, 0.2) is 0 Å². The molecule has 0 saturated heterocycles. The molecule has 112 valence electrons. The molecule has 0 atom stereocenters. The minimum atomic E-state index is -0.463. The maximum absolute atomic E-state index is 11.3. The predicted octanol–water partition coefficient (Wildman–Crippen LogP) is 3.05. The van der Waals surface area contributed by atoms with Crippen LogP contribution < -0.4 is 10.6 Å². The summed E-state index contributed by atoms with van der Waals surface area (Å²) in [6.45, 7) is 5.02.